The predicted molar refractivity (Wildman–Crippen MR) is 82.9 cm³/mol. The van der Waals surface area contributed by atoms with Crippen molar-refractivity contribution in [3.63, 3.8) is 0 Å². The molecule has 0 spiro atoms. The molecule has 1 aliphatic carbocycles. The Balaban J connectivity index is 2.12. The smallest absolute Gasteiger partial charge is 0.247 e. The van der Waals surface area contributed by atoms with Gasteiger partial charge in [0.15, 0.2) is 5.82 Å². The van der Waals surface area contributed by atoms with Gasteiger partial charge in [-0.05, 0) is 37.8 Å². The Morgan fingerprint density at radius 1 is 1.17 bits per heavy atom. The zero-order valence-electron chi connectivity index (χ0n) is 12.2. The summed E-state index contributed by atoms with van der Waals surface area (Å²) in [6.07, 6.45) is 4.93. The molecule has 0 saturated carbocycles. The molecule has 1 amide bonds. The third-order valence-electron chi connectivity index (χ3n) is 3.75. The fourth-order valence-electron chi connectivity index (χ4n) is 2.67. The Hall–Kier alpha value is -2.08. The first kappa shape index (κ1) is 15.8. The quantitative estimate of drug-likeness (QED) is 0.805. The van der Waals surface area contributed by atoms with Crippen LogP contribution in [0, 0.1) is 11.6 Å². The molecule has 1 aromatic heterocycles. The van der Waals surface area contributed by atoms with E-state index in [-0.39, 0.29) is 5.82 Å². The van der Waals surface area contributed by atoms with E-state index >= 15 is 0 Å². The molecular formula is C16H14ClF2N3O. The summed E-state index contributed by atoms with van der Waals surface area (Å²) in [5.74, 6) is -2.72. The summed E-state index contributed by atoms with van der Waals surface area (Å²) >= 11 is 5.61. The van der Waals surface area contributed by atoms with Crippen molar-refractivity contribution in [2.24, 2.45) is 0 Å². The lowest BCUT2D eigenvalue weighted by Gasteiger charge is -2.23. The van der Waals surface area contributed by atoms with Crippen LogP contribution in [0.2, 0.25) is 0 Å². The number of alkyl halides is 1. The number of fused-ring (bicyclic) bond motifs is 1. The highest BCUT2D eigenvalue weighted by molar-refractivity contribution is 6.30. The summed E-state index contributed by atoms with van der Waals surface area (Å²) in [4.78, 5) is 21.7. The minimum atomic E-state index is -0.858. The van der Waals surface area contributed by atoms with Crippen molar-refractivity contribution in [3.05, 3.63) is 47.4 Å². The van der Waals surface area contributed by atoms with Crippen LogP contribution in [-0.2, 0) is 17.6 Å². The monoisotopic (exact) mass is 337 g/mol. The van der Waals surface area contributed by atoms with Gasteiger partial charge in [0.25, 0.3) is 0 Å². The number of hydrogen-bond acceptors (Lipinski definition) is 3. The minimum Gasteiger partial charge on any atom is -0.273 e. The number of carbonyl (C=O) groups is 1. The highest BCUT2D eigenvalue weighted by Crippen LogP contribution is 2.30. The Morgan fingerprint density at radius 2 is 1.83 bits per heavy atom. The molecule has 0 unspecified atom stereocenters. The van der Waals surface area contributed by atoms with Crippen molar-refractivity contribution in [2.45, 2.75) is 25.7 Å². The molecular weight excluding hydrogens is 324 g/mol. The van der Waals surface area contributed by atoms with E-state index in [0.29, 0.717) is 0 Å². The second kappa shape index (κ2) is 6.58. The van der Waals surface area contributed by atoms with Gasteiger partial charge in [0.1, 0.15) is 23.2 Å². The molecule has 0 atom stereocenters. The van der Waals surface area contributed by atoms with Crippen LogP contribution >= 0.6 is 11.6 Å². The van der Waals surface area contributed by atoms with Crippen LogP contribution in [0.1, 0.15) is 24.2 Å². The van der Waals surface area contributed by atoms with Crippen molar-refractivity contribution in [3.8, 4) is 0 Å². The van der Waals surface area contributed by atoms with Gasteiger partial charge in [-0.25, -0.2) is 13.8 Å². The molecule has 1 aliphatic rings. The van der Waals surface area contributed by atoms with Crippen LogP contribution in [0.25, 0.3) is 0 Å². The molecule has 0 N–H and O–H groups in total. The third kappa shape index (κ3) is 3.03. The van der Waals surface area contributed by atoms with Crippen molar-refractivity contribution < 1.29 is 13.6 Å². The molecule has 1 heterocycles. The number of amides is 1. The van der Waals surface area contributed by atoms with E-state index in [2.05, 4.69) is 9.97 Å². The molecule has 0 radical (unpaired) electrons. The Bertz CT molecular complexity index is 734. The lowest BCUT2D eigenvalue weighted by atomic mass is 10.0. The van der Waals surface area contributed by atoms with Gasteiger partial charge >= 0.3 is 0 Å². The number of hydrogen-bond donors (Lipinski definition) is 0. The summed E-state index contributed by atoms with van der Waals surface area (Å²) in [7, 11) is 0. The summed E-state index contributed by atoms with van der Waals surface area (Å²) in [6.45, 7) is 0. The van der Waals surface area contributed by atoms with Crippen LogP contribution in [0.5, 0.6) is 0 Å². The molecule has 0 saturated heterocycles. The van der Waals surface area contributed by atoms with Crippen molar-refractivity contribution in [1.82, 2.24) is 9.97 Å². The largest absolute Gasteiger partial charge is 0.273 e. The molecule has 7 heteroatoms. The standard InChI is InChI=1S/C16H14ClF2N3O/c17-8-15(23)22(16-10(18)4-3-5-11(16)19)14-9-20-12-6-1-2-7-13(12)21-14/h3-5,9H,1-2,6-8H2. The first-order valence-corrected chi connectivity index (χ1v) is 7.83. The maximum absolute atomic E-state index is 14.1. The predicted octanol–water partition coefficient (Wildman–Crippen LogP) is 3.54. The Labute approximate surface area is 137 Å². The molecule has 3 rings (SSSR count). The van der Waals surface area contributed by atoms with Gasteiger partial charge in [0.2, 0.25) is 5.91 Å². The van der Waals surface area contributed by atoms with E-state index in [1.54, 1.807) is 0 Å². The van der Waals surface area contributed by atoms with Gasteiger partial charge < -0.3 is 0 Å². The topological polar surface area (TPSA) is 46.1 Å². The highest BCUT2D eigenvalue weighted by Gasteiger charge is 2.26. The van der Waals surface area contributed by atoms with E-state index in [9.17, 15) is 13.6 Å². The Kier molecular flexibility index (Phi) is 4.52. The highest BCUT2D eigenvalue weighted by atomic mass is 35.5. The number of para-hydroxylation sites is 1. The van der Waals surface area contributed by atoms with E-state index in [0.717, 1.165) is 54.1 Å². The molecule has 1 aromatic carbocycles. The number of aryl methyl sites for hydroxylation is 2. The summed E-state index contributed by atoms with van der Waals surface area (Å²) in [5, 5.41) is 0. The first-order valence-electron chi connectivity index (χ1n) is 7.29. The average Bonchev–Trinajstić information content (AvgIpc) is 2.57. The van der Waals surface area contributed by atoms with Crippen LogP contribution in [0.4, 0.5) is 20.3 Å². The molecule has 2 aromatic rings. The van der Waals surface area contributed by atoms with Crippen LogP contribution < -0.4 is 4.90 Å². The molecule has 120 valence electrons. The fourth-order valence-corrected chi connectivity index (χ4v) is 2.79. The number of carbonyl (C=O) groups excluding carboxylic acids is 1. The normalized spacial score (nSPS) is 13.5. The number of rotatable bonds is 3. The summed E-state index contributed by atoms with van der Waals surface area (Å²) in [5.41, 5.74) is 1.15. The number of aromatic nitrogens is 2. The maximum atomic E-state index is 14.1. The van der Waals surface area contributed by atoms with Gasteiger partial charge in [0, 0.05) is 0 Å². The second-order valence-corrected chi connectivity index (χ2v) is 5.53. The molecule has 0 aliphatic heterocycles. The lowest BCUT2D eigenvalue weighted by molar-refractivity contribution is -0.115. The van der Waals surface area contributed by atoms with Crippen LogP contribution in [-0.4, -0.2) is 21.8 Å². The number of halogens is 3. The lowest BCUT2D eigenvalue weighted by Crippen LogP contribution is -2.30. The van der Waals surface area contributed by atoms with Crippen molar-refractivity contribution >= 4 is 29.0 Å². The number of nitrogens with zero attached hydrogens (tertiary/aromatic N) is 3. The van der Waals surface area contributed by atoms with Crippen molar-refractivity contribution in [2.75, 3.05) is 10.8 Å². The average molecular weight is 338 g/mol. The second-order valence-electron chi connectivity index (χ2n) is 5.26. The zero-order chi connectivity index (χ0) is 16.4. The van der Waals surface area contributed by atoms with Crippen LogP contribution in [0.15, 0.2) is 24.4 Å². The molecule has 0 fully saturated rings. The van der Waals surface area contributed by atoms with Gasteiger partial charge in [-0.3, -0.25) is 14.7 Å². The summed E-state index contributed by atoms with van der Waals surface area (Å²) < 4.78 is 28.2. The van der Waals surface area contributed by atoms with Gasteiger partial charge in [-0.1, -0.05) is 6.07 Å². The third-order valence-corrected chi connectivity index (χ3v) is 3.98. The van der Waals surface area contributed by atoms with E-state index < -0.39 is 29.1 Å². The maximum Gasteiger partial charge on any atom is 0.247 e. The zero-order valence-corrected chi connectivity index (χ0v) is 13.0. The first-order chi connectivity index (χ1) is 11.1. The van der Waals surface area contributed by atoms with Gasteiger partial charge in [0.05, 0.1) is 17.6 Å². The molecule has 23 heavy (non-hydrogen) atoms. The van der Waals surface area contributed by atoms with Gasteiger partial charge in [-0.15, -0.1) is 11.6 Å². The number of benzene rings is 1. The van der Waals surface area contributed by atoms with E-state index in [4.69, 9.17) is 11.6 Å². The van der Waals surface area contributed by atoms with Crippen molar-refractivity contribution in [1.29, 1.82) is 0 Å². The number of anilines is 2. The SMILES string of the molecule is O=C(CCl)N(c1cnc2c(n1)CCCC2)c1c(F)cccc1F. The van der Waals surface area contributed by atoms with Gasteiger partial charge in [-0.2, -0.15) is 0 Å². The van der Waals surface area contributed by atoms with Crippen LogP contribution in [0.3, 0.4) is 0 Å². The molecule has 4 nitrogen and oxygen atoms in total. The Morgan fingerprint density at radius 3 is 2.48 bits per heavy atom. The van der Waals surface area contributed by atoms with E-state index in [1.165, 1.54) is 12.3 Å². The fraction of sp³-hybridized carbons (Fsp3) is 0.312. The summed E-state index contributed by atoms with van der Waals surface area (Å²) in [6, 6.07) is 3.40. The minimum absolute atomic E-state index is 0.0836. The molecule has 0 bridgehead atoms. The van der Waals surface area contributed by atoms with E-state index in [1.807, 2.05) is 0 Å².